The van der Waals surface area contributed by atoms with Gasteiger partial charge in [0.25, 0.3) is 0 Å². The molecule has 0 bridgehead atoms. The summed E-state index contributed by atoms with van der Waals surface area (Å²) >= 11 is 0. The summed E-state index contributed by atoms with van der Waals surface area (Å²) in [6.45, 7) is 12.3. The molecule has 0 saturated heterocycles. The summed E-state index contributed by atoms with van der Waals surface area (Å²) in [5, 5.41) is 12.6. The van der Waals surface area contributed by atoms with Crippen molar-refractivity contribution >= 4 is 0 Å². The van der Waals surface area contributed by atoms with Gasteiger partial charge in [-0.15, -0.1) is 5.75 Å². The second kappa shape index (κ2) is 8.05. The van der Waals surface area contributed by atoms with Crippen LogP contribution in [0.1, 0.15) is 56.7 Å². The lowest BCUT2D eigenvalue weighted by atomic mass is 9.86. The van der Waals surface area contributed by atoms with E-state index >= 15 is 0 Å². The second-order valence-electron chi connectivity index (χ2n) is 8.05. The maximum absolute atomic E-state index is 12.6. The van der Waals surface area contributed by atoms with Crippen LogP contribution in [0.4, 0.5) is 0 Å². The van der Waals surface area contributed by atoms with Gasteiger partial charge in [0.05, 0.1) is 25.7 Å². The van der Waals surface area contributed by atoms with E-state index in [4.69, 9.17) is 0 Å². The van der Waals surface area contributed by atoms with Gasteiger partial charge < -0.3 is 9.59 Å². The second-order valence-corrected chi connectivity index (χ2v) is 8.05. The van der Waals surface area contributed by atoms with E-state index in [1.807, 2.05) is 12.1 Å². The highest BCUT2D eigenvalue weighted by Gasteiger charge is 2.31. The first-order chi connectivity index (χ1) is 11.8. The predicted octanol–water partition coefficient (Wildman–Crippen LogP) is 4.85. The minimum absolute atomic E-state index is 0.155. The van der Waals surface area contributed by atoms with E-state index < -0.39 is 0 Å². The van der Waals surface area contributed by atoms with Gasteiger partial charge >= 0.3 is 0 Å². The fourth-order valence-corrected chi connectivity index (χ4v) is 3.65. The third-order valence-electron chi connectivity index (χ3n) is 6.00. The third kappa shape index (κ3) is 4.43. The van der Waals surface area contributed by atoms with Crippen LogP contribution >= 0.6 is 0 Å². The standard InChI is InChI=1S/C23H33NO/c1-17(2)24(6,18(3)4)15-14-21(20-10-8-7-9-11-20)22-16-19(5)12-13-23(22)25/h7-13,16-18,21H,14-15H2,1-6H3. The lowest BCUT2D eigenvalue weighted by molar-refractivity contribution is -0.949. The van der Waals surface area contributed by atoms with Crippen molar-refractivity contribution in [3.8, 4) is 5.75 Å². The molecule has 2 aromatic carbocycles. The molecule has 2 aromatic rings. The Morgan fingerprint density at radius 1 is 0.920 bits per heavy atom. The first-order valence-corrected chi connectivity index (χ1v) is 9.43. The molecule has 1 unspecified atom stereocenters. The molecule has 0 N–H and O–H groups in total. The Labute approximate surface area is 153 Å². The van der Waals surface area contributed by atoms with Crippen molar-refractivity contribution in [3.63, 3.8) is 0 Å². The molecule has 136 valence electrons. The van der Waals surface area contributed by atoms with Crippen molar-refractivity contribution in [1.29, 1.82) is 0 Å². The van der Waals surface area contributed by atoms with E-state index in [-0.39, 0.29) is 11.7 Å². The lowest BCUT2D eigenvalue weighted by Gasteiger charge is -2.43. The van der Waals surface area contributed by atoms with Gasteiger partial charge in [-0.25, -0.2) is 0 Å². The number of quaternary nitrogens is 1. The topological polar surface area (TPSA) is 23.1 Å². The lowest BCUT2D eigenvalue weighted by Crippen LogP contribution is -2.55. The summed E-state index contributed by atoms with van der Waals surface area (Å²) in [6.07, 6.45) is 0.982. The zero-order valence-corrected chi connectivity index (χ0v) is 16.6. The SMILES string of the molecule is Cc1ccc([O-])c(C(CC[N+](C)(C(C)C)C(C)C)c2ccccc2)c1. The van der Waals surface area contributed by atoms with Crippen molar-refractivity contribution in [2.24, 2.45) is 0 Å². The Morgan fingerprint density at radius 2 is 1.52 bits per heavy atom. The van der Waals surface area contributed by atoms with E-state index in [0.29, 0.717) is 12.1 Å². The first-order valence-electron chi connectivity index (χ1n) is 9.43. The monoisotopic (exact) mass is 339 g/mol. The zero-order chi connectivity index (χ0) is 18.6. The van der Waals surface area contributed by atoms with Crippen LogP contribution in [-0.2, 0) is 0 Å². The molecule has 0 aliphatic heterocycles. The van der Waals surface area contributed by atoms with Crippen molar-refractivity contribution in [2.45, 2.75) is 59.0 Å². The van der Waals surface area contributed by atoms with Crippen LogP contribution in [0.5, 0.6) is 5.75 Å². The van der Waals surface area contributed by atoms with E-state index in [1.165, 1.54) is 5.56 Å². The first kappa shape index (κ1) is 19.5. The molecule has 0 fully saturated rings. The van der Waals surface area contributed by atoms with Crippen LogP contribution in [-0.4, -0.2) is 30.2 Å². The molecule has 2 heteroatoms. The molecule has 2 nitrogen and oxygen atoms in total. The van der Waals surface area contributed by atoms with E-state index in [0.717, 1.165) is 28.6 Å². The Balaban J connectivity index is 2.38. The molecule has 0 aliphatic carbocycles. The average Bonchev–Trinajstić information content (AvgIpc) is 2.58. The van der Waals surface area contributed by atoms with Gasteiger partial charge in [0.2, 0.25) is 0 Å². The van der Waals surface area contributed by atoms with Crippen LogP contribution in [0.25, 0.3) is 0 Å². The fourth-order valence-electron chi connectivity index (χ4n) is 3.65. The number of hydrogen-bond acceptors (Lipinski definition) is 1. The molecule has 0 spiro atoms. The van der Waals surface area contributed by atoms with Gasteiger partial charge in [-0.05, 0) is 45.7 Å². The number of rotatable bonds is 7. The minimum Gasteiger partial charge on any atom is -0.872 e. The number of aryl methyl sites for hydroxylation is 1. The number of nitrogens with zero attached hydrogens (tertiary/aromatic N) is 1. The Morgan fingerprint density at radius 3 is 2.08 bits per heavy atom. The largest absolute Gasteiger partial charge is 0.872 e. The molecule has 25 heavy (non-hydrogen) atoms. The molecule has 0 aliphatic rings. The molecule has 0 radical (unpaired) electrons. The summed E-state index contributed by atoms with van der Waals surface area (Å²) in [6, 6.07) is 17.3. The summed E-state index contributed by atoms with van der Waals surface area (Å²) in [5.74, 6) is 0.311. The van der Waals surface area contributed by atoms with Gasteiger partial charge in [-0.3, -0.25) is 0 Å². The van der Waals surface area contributed by atoms with Crippen molar-refractivity contribution in [1.82, 2.24) is 0 Å². The van der Waals surface area contributed by atoms with Crippen molar-refractivity contribution < 1.29 is 9.59 Å². The molecular weight excluding hydrogens is 306 g/mol. The Hall–Kier alpha value is -1.80. The summed E-state index contributed by atoms with van der Waals surface area (Å²) in [7, 11) is 2.34. The van der Waals surface area contributed by atoms with Crippen LogP contribution in [0, 0.1) is 6.92 Å². The highest BCUT2D eigenvalue weighted by atomic mass is 16.3. The average molecular weight is 340 g/mol. The van der Waals surface area contributed by atoms with Gasteiger partial charge in [-0.2, -0.15) is 0 Å². The van der Waals surface area contributed by atoms with Crippen LogP contribution in [0.15, 0.2) is 48.5 Å². The summed E-state index contributed by atoms with van der Waals surface area (Å²) in [5.41, 5.74) is 3.33. The number of benzene rings is 2. The predicted molar refractivity (Wildman–Crippen MR) is 105 cm³/mol. The quantitative estimate of drug-likeness (QED) is 0.661. The van der Waals surface area contributed by atoms with Gasteiger partial charge in [0.15, 0.2) is 0 Å². The van der Waals surface area contributed by atoms with E-state index in [1.54, 1.807) is 6.07 Å². The third-order valence-corrected chi connectivity index (χ3v) is 6.00. The van der Waals surface area contributed by atoms with Crippen molar-refractivity contribution in [3.05, 3.63) is 65.2 Å². The van der Waals surface area contributed by atoms with Gasteiger partial charge in [0, 0.05) is 12.3 Å². The highest BCUT2D eigenvalue weighted by Crippen LogP contribution is 2.34. The fraction of sp³-hybridized carbons (Fsp3) is 0.478. The molecular formula is C23H33NO. The van der Waals surface area contributed by atoms with Crippen LogP contribution in [0.3, 0.4) is 0 Å². The molecule has 0 saturated carbocycles. The maximum Gasteiger partial charge on any atom is 0.0833 e. The number of hydrogen-bond donors (Lipinski definition) is 0. The Kier molecular flexibility index (Phi) is 6.29. The van der Waals surface area contributed by atoms with E-state index in [2.05, 4.69) is 72.0 Å². The van der Waals surface area contributed by atoms with Crippen LogP contribution < -0.4 is 5.11 Å². The van der Waals surface area contributed by atoms with Crippen LogP contribution in [0.2, 0.25) is 0 Å². The maximum atomic E-state index is 12.6. The zero-order valence-electron chi connectivity index (χ0n) is 16.6. The molecule has 0 amide bonds. The Bertz CT molecular complexity index is 668. The molecule has 0 heterocycles. The normalized spacial score (nSPS) is 13.4. The molecule has 2 rings (SSSR count). The van der Waals surface area contributed by atoms with Gasteiger partial charge in [0.1, 0.15) is 0 Å². The smallest absolute Gasteiger partial charge is 0.0833 e. The van der Waals surface area contributed by atoms with E-state index in [9.17, 15) is 5.11 Å². The summed E-state index contributed by atoms with van der Waals surface area (Å²) in [4.78, 5) is 0. The van der Waals surface area contributed by atoms with Crippen molar-refractivity contribution in [2.75, 3.05) is 13.6 Å². The molecule has 1 atom stereocenters. The molecule has 0 aromatic heterocycles. The highest BCUT2D eigenvalue weighted by molar-refractivity contribution is 5.42. The van der Waals surface area contributed by atoms with Gasteiger partial charge in [-0.1, -0.05) is 54.1 Å². The minimum atomic E-state index is 0.155. The summed E-state index contributed by atoms with van der Waals surface area (Å²) < 4.78 is 1.02.